The van der Waals surface area contributed by atoms with E-state index in [1.54, 1.807) is 28.0 Å². The highest BCUT2D eigenvalue weighted by Gasteiger charge is 2.22. The molecule has 0 bridgehead atoms. The molecule has 1 aromatic rings. The van der Waals surface area contributed by atoms with Gasteiger partial charge in [-0.05, 0) is 36.8 Å². The normalized spacial score (nSPS) is 11.9. The number of nitrogens with zero attached hydrogens (tertiary/aromatic N) is 1. The van der Waals surface area contributed by atoms with E-state index in [0.29, 0.717) is 25.3 Å². The van der Waals surface area contributed by atoms with Crippen LogP contribution in [-0.2, 0) is 11.3 Å². The molecule has 2 amide bonds. The smallest absolute Gasteiger partial charge is 0.326 e. The van der Waals surface area contributed by atoms with E-state index in [1.165, 1.54) is 0 Å². The van der Waals surface area contributed by atoms with Crippen molar-refractivity contribution in [3.8, 4) is 0 Å². The van der Waals surface area contributed by atoms with E-state index in [9.17, 15) is 9.59 Å². The molecule has 112 valence electrons. The van der Waals surface area contributed by atoms with Gasteiger partial charge in [0.1, 0.15) is 6.04 Å². The van der Waals surface area contributed by atoms with Crippen LogP contribution in [0.15, 0.2) is 17.5 Å². The molecule has 1 aromatic heterocycles. The van der Waals surface area contributed by atoms with Gasteiger partial charge in [0.15, 0.2) is 0 Å². The summed E-state index contributed by atoms with van der Waals surface area (Å²) in [5.74, 6) is -0.284. The van der Waals surface area contributed by atoms with Crippen molar-refractivity contribution < 1.29 is 14.7 Å². The molecular formula is C13H20N2O3S2. The van der Waals surface area contributed by atoms with Gasteiger partial charge in [-0.25, -0.2) is 9.59 Å². The first kappa shape index (κ1) is 16.8. The van der Waals surface area contributed by atoms with Crippen LogP contribution in [0.4, 0.5) is 4.79 Å². The van der Waals surface area contributed by atoms with E-state index in [2.05, 4.69) is 5.32 Å². The number of nitrogens with one attached hydrogen (secondary N) is 1. The molecule has 20 heavy (non-hydrogen) atoms. The zero-order valence-electron chi connectivity index (χ0n) is 11.7. The number of thioether (sulfide) groups is 1. The highest BCUT2D eigenvalue weighted by molar-refractivity contribution is 7.98. The van der Waals surface area contributed by atoms with Crippen LogP contribution in [0.25, 0.3) is 0 Å². The van der Waals surface area contributed by atoms with Crippen LogP contribution in [0.3, 0.4) is 0 Å². The predicted octanol–water partition coefficient (Wildman–Crippen LogP) is 2.49. The zero-order chi connectivity index (χ0) is 15.0. The lowest BCUT2D eigenvalue weighted by Gasteiger charge is -2.23. The van der Waals surface area contributed by atoms with Crippen molar-refractivity contribution in [1.82, 2.24) is 10.2 Å². The average molecular weight is 316 g/mol. The first-order valence-corrected chi connectivity index (χ1v) is 8.65. The minimum absolute atomic E-state index is 0.325. The lowest BCUT2D eigenvalue weighted by molar-refractivity contribution is -0.139. The quantitative estimate of drug-likeness (QED) is 0.773. The second-order valence-electron chi connectivity index (χ2n) is 4.22. The average Bonchev–Trinajstić information content (AvgIpc) is 2.93. The standard InChI is InChI=1S/C13H20N2O3S2/c1-3-15(9-10-5-4-7-20-10)13(18)14-11(12(16)17)6-8-19-2/h4-5,7,11H,3,6,8-9H2,1-2H3,(H,14,18)(H,16,17)/t11-/m1/s1. The third kappa shape index (κ3) is 5.42. The Hall–Kier alpha value is -1.21. The van der Waals surface area contributed by atoms with Gasteiger partial charge in [-0.2, -0.15) is 11.8 Å². The molecule has 0 unspecified atom stereocenters. The number of carboxylic acid groups (broad SMARTS) is 1. The van der Waals surface area contributed by atoms with Crippen LogP contribution < -0.4 is 5.32 Å². The van der Waals surface area contributed by atoms with Gasteiger partial charge in [-0.3, -0.25) is 0 Å². The molecule has 0 saturated heterocycles. The van der Waals surface area contributed by atoms with Gasteiger partial charge < -0.3 is 15.3 Å². The molecule has 0 aliphatic heterocycles. The Morgan fingerprint density at radius 2 is 2.30 bits per heavy atom. The maximum Gasteiger partial charge on any atom is 0.326 e. The molecule has 0 aromatic carbocycles. The second kappa shape index (κ2) is 8.86. The van der Waals surface area contributed by atoms with Crippen molar-refractivity contribution in [2.75, 3.05) is 18.6 Å². The van der Waals surface area contributed by atoms with Crippen LogP contribution in [-0.4, -0.2) is 46.6 Å². The number of carbonyl (C=O) groups is 2. The van der Waals surface area contributed by atoms with Crippen molar-refractivity contribution in [2.45, 2.75) is 25.9 Å². The Kier molecular flexibility index (Phi) is 7.46. The number of rotatable bonds is 8. The number of carbonyl (C=O) groups excluding carboxylic acids is 1. The molecule has 5 nitrogen and oxygen atoms in total. The number of aliphatic carboxylic acids is 1. The third-order valence-electron chi connectivity index (χ3n) is 2.80. The molecule has 0 saturated carbocycles. The number of hydrogen-bond acceptors (Lipinski definition) is 4. The van der Waals surface area contributed by atoms with E-state index in [-0.39, 0.29) is 6.03 Å². The molecular weight excluding hydrogens is 296 g/mol. The van der Waals surface area contributed by atoms with Crippen LogP contribution in [0.2, 0.25) is 0 Å². The van der Waals surface area contributed by atoms with E-state index in [4.69, 9.17) is 5.11 Å². The topological polar surface area (TPSA) is 69.6 Å². The first-order chi connectivity index (χ1) is 9.58. The molecule has 0 aliphatic carbocycles. The molecule has 0 aliphatic rings. The minimum Gasteiger partial charge on any atom is -0.480 e. The Morgan fingerprint density at radius 3 is 2.80 bits per heavy atom. The first-order valence-electron chi connectivity index (χ1n) is 6.38. The van der Waals surface area contributed by atoms with E-state index < -0.39 is 12.0 Å². The highest BCUT2D eigenvalue weighted by Crippen LogP contribution is 2.12. The number of carboxylic acids is 1. The monoisotopic (exact) mass is 316 g/mol. The van der Waals surface area contributed by atoms with Crippen molar-refractivity contribution in [3.05, 3.63) is 22.4 Å². The highest BCUT2D eigenvalue weighted by atomic mass is 32.2. The summed E-state index contributed by atoms with van der Waals surface area (Å²) in [5, 5.41) is 13.7. The fourth-order valence-electron chi connectivity index (χ4n) is 1.65. The molecule has 0 radical (unpaired) electrons. The van der Waals surface area contributed by atoms with Crippen LogP contribution in [0.1, 0.15) is 18.2 Å². The molecule has 7 heteroatoms. The predicted molar refractivity (Wildman–Crippen MR) is 83.4 cm³/mol. The van der Waals surface area contributed by atoms with Gasteiger partial charge >= 0.3 is 12.0 Å². The molecule has 0 fully saturated rings. The maximum atomic E-state index is 12.1. The fraction of sp³-hybridized carbons (Fsp3) is 0.538. The van der Waals surface area contributed by atoms with Crippen molar-refractivity contribution in [3.63, 3.8) is 0 Å². The summed E-state index contributed by atoms with van der Waals surface area (Å²) in [7, 11) is 0. The van der Waals surface area contributed by atoms with E-state index in [1.807, 2.05) is 30.7 Å². The summed E-state index contributed by atoms with van der Waals surface area (Å²) in [4.78, 5) is 25.9. The van der Waals surface area contributed by atoms with E-state index >= 15 is 0 Å². The lowest BCUT2D eigenvalue weighted by Crippen LogP contribution is -2.47. The molecule has 2 N–H and O–H groups in total. The Bertz CT molecular complexity index is 423. The molecule has 1 atom stereocenters. The number of urea groups is 1. The van der Waals surface area contributed by atoms with Crippen LogP contribution in [0, 0.1) is 0 Å². The van der Waals surface area contributed by atoms with Gasteiger partial charge in [-0.1, -0.05) is 6.07 Å². The lowest BCUT2D eigenvalue weighted by atomic mass is 10.2. The van der Waals surface area contributed by atoms with Gasteiger partial charge in [-0.15, -0.1) is 11.3 Å². The summed E-state index contributed by atoms with van der Waals surface area (Å²) in [6, 6.07) is 2.74. The van der Waals surface area contributed by atoms with E-state index in [0.717, 1.165) is 4.88 Å². The Labute approximate surface area is 127 Å². The van der Waals surface area contributed by atoms with Crippen molar-refractivity contribution >= 4 is 35.1 Å². The van der Waals surface area contributed by atoms with Crippen LogP contribution in [0.5, 0.6) is 0 Å². The minimum atomic E-state index is -0.987. The summed E-state index contributed by atoms with van der Waals surface area (Å²) >= 11 is 3.15. The summed E-state index contributed by atoms with van der Waals surface area (Å²) in [6.07, 6.45) is 2.34. The SMILES string of the molecule is CCN(Cc1cccs1)C(=O)N[C@H](CCSC)C(=O)O. The van der Waals surface area contributed by atoms with Gasteiger partial charge in [0, 0.05) is 11.4 Å². The number of hydrogen-bond donors (Lipinski definition) is 2. The Morgan fingerprint density at radius 1 is 1.55 bits per heavy atom. The molecule has 1 rings (SSSR count). The van der Waals surface area contributed by atoms with Crippen molar-refractivity contribution in [1.29, 1.82) is 0 Å². The largest absolute Gasteiger partial charge is 0.480 e. The summed E-state index contributed by atoms with van der Waals surface area (Å²) in [5.41, 5.74) is 0. The van der Waals surface area contributed by atoms with Gasteiger partial charge in [0.2, 0.25) is 0 Å². The summed E-state index contributed by atoms with van der Waals surface area (Å²) < 4.78 is 0. The Balaban J connectivity index is 2.58. The van der Waals surface area contributed by atoms with Gasteiger partial charge in [0.05, 0.1) is 6.54 Å². The fourth-order valence-corrected chi connectivity index (χ4v) is 2.84. The van der Waals surface area contributed by atoms with Gasteiger partial charge in [0.25, 0.3) is 0 Å². The maximum absolute atomic E-state index is 12.1. The summed E-state index contributed by atoms with van der Waals surface area (Å²) in [6.45, 7) is 2.93. The zero-order valence-corrected chi connectivity index (χ0v) is 13.3. The number of thiophene rings is 1. The molecule has 0 spiro atoms. The third-order valence-corrected chi connectivity index (χ3v) is 4.31. The number of amides is 2. The van der Waals surface area contributed by atoms with Crippen molar-refractivity contribution in [2.24, 2.45) is 0 Å². The molecule has 1 heterocycles. The van der Waals surface area contributed by atoms with Crippen LogP contribution >= 0.6 is 23.1 Å². The second-order valence-corrected chi connectivity index (χ2v) is 6.23.